The third-order valence-electron chi connectivity index (χ3n) is 6.94. The van der Waals surface area contributed by atoms with E-state index < -0.39 is 5.54 Å². The number of aryl methyl sites for hydroxylation is 2. The summed E-state index contributed by atoms with van der Waals surface area (Å²) in [4.78, 5) is 41.3. The maximum Gasteiger partial charge on any atom is 0.327 e. The second-order valence-electron chi connectivity index (χ2n) is 8.49. The SMILES string of the molecule is CN1C(=O)N(CC(=O)Nc2ccc3c4c(cccc24)CC3)C(=O)C12CCCCC2. The van der Waals surface area contributed by atoms with Crippen molar-refractivity contribution in [3.8, 4) is 0 Å². The number of rotatable bonds is 3. The Hall–Kier alpha value is -2.89. The highest BCUT2D eigenvalue weighted by atomic mass is 16.2. The Morgan fingerprint density at radius 2 is 1.76 bits per heavy atom. The number of nitrogens with zero attached hydrogens (tertiary/aromatic N) is 2. The first kappa shape index (κ1) is 18.2. The van der Waals surface area contributed by atoms with E-state index in [0.717, 1.165) is 48.1 Å². The maximum atomic E-state index is 13.1. The molecule has 6 nitrogen and oxygen atoms in total. The van der Waals surface area contributed by atoms with Gasteiger partial charge in [-0.05, 0) is 48.3 Å². The molecule has 1 spiro atoms. The first-order valence-corrected chi connectivity index (χ1v) is 10.4. The molecule has 1 saturated carbocycles. The molecule has 0 radical (unpaired) electrons. The van der Waals surface area contributed by atoms with Gasteiger partial charge in [-0.15, -0.1) is 0 Å². The van der Waals surface area contributed by atoms with Crippen LogP contribution in [0.25, 0.3) is 10.8 Å². The number of benzene rings is 2. The van der Waals surface area contributed by atoms with Gasteiger partial charge in [0, 0.05) is 18.1 Å². The Kier molecular flexibility index (Phi) is 4.12. The molecule has 0 bridgehead atoms. The lowest BCUT2D eigenvalue weighted by molar-refractivity contribution is -0.136. The zero-order valence-electron chi connectivity index (χ0n) is 16.7. The third kappa shape index (κ3) is 2.65. The summed E-state index contributed by atoms with van der Waals surface area (Å²) in [5, 5.41) is 5.18. The van der Waals surface area contributed by atoms with Crippen molar-refractivity contribution in [2.45, 2.75) is 50.5 Å². The second-order valence-corrected chi connectivity index (χ2v) is 8.49. The lowest BCUT2D eigenvalue weighted by Crippen LogP contribution is -2.49. The van der Waals surface area contributed by atoms with Crippen molar-refractivity contribution in [1.82, 2.24) is 9.80 Å². The van der Waals surface area contributed by atoms with Crippen molar-refractivity contribution in [3.63, 3.8) is 0 Å². The van der Waals surface area contributed by atoms with Gasteiger partial charge in [-0.2, -0.15) is 0 Å². The van der Waals surface area contributed by atoms with E-state index in [1.807, 2.05) is 18.2 Å². The van der Waals surface area contributed by atoms with E-state index >= 15 is 0 Å². The third-order valence-corrected chi connectivity index (χ3v) is 6.94. The van der Waals surface area contributed by atoms with Crippen molar-refractivity contribution < 1.29 is 14.4 Å². The molecule has 0 aromatic heterocycles. The highest BCUT2D eigenvalue weighted by molar-refractivity contribution is 6.11. The molecular weight excluding hydrogens is 366 g/mol. The number of imide groups is 1. The monoisotopic (exact) mass is 391 g/mol. The van der Waals surface area contributed by atoms with Gasteiger partial charge in [0.25, 0.3) is 5.91 Å². The lowest BCUT2D eigenvalue weighted by Gasteiger charge is -2.35. The minimum absolute atomic E-state index is 0.222. The molecule has 2 aromatic rings. The fraction of sp³-hybridized carbons (Fsp3) is 0.435. The number of hydrogen-bond acceptors (Lipinski definition) is 3. The minimum atomic E-state index is -0.752. The van der Waals surface area contributed by atoms with Crippen molar-refractivity contribution in [2.24, 2.45) is 0 Å². The van der Waals surface area contributed by atoms with Gasteiger partial charge < -0.3 is 10.2 Å². The van der Waals surface area contributed by atoms with E-state index in [2.05, 4.69) is 17.4 Å². The number of likely N-dealkylation sites (N-methyl/N-ethyl adjacent to an activating group) is 1. The highest BCUT2D eigenvalue weighted by Gasteiger charge is 2.55. The number of hydrogen-bond donors (Lipinski definition) is 1. The van der Waals surface area contributed by atoms with Gasteiger partial charge in [-0.1, -0.05) is 43.5 Å². The predicted molar refractivity (Wildman–Crippen MR) is 111 cm³/mol. The molecule has 1 saturated heterocycles. The van der Waals surface area contributed by atoms with Gasteiger partial charge in [0.05, 0.1) is 0 Å². The Balaban J connectivity index is 1.37. The first-order chi connectivity index (χ1) is 14.0. The Bertz CT molecular complexity index is 1030. The molecule has 29 heavy (non-hydrogen) atoms. The van der Waals surface area contributed by atoms with Gasteiger partial charge in [0.2, 0.25) is 5.91 Å². The van der Waals surface area contributed by atoms with Crippen LogP contribution in [0, 0.1) is 0 Å². The Morgan fingerprint density at radius 1 is 1.03 bits per heavy atom. The number of anilines is 1. The molecular formula is C23H25N3O3. The minimum Gasteiger partial charge on any atom is -0.324 e. The molecule has 0 atom stereocenters. The smallest absolute Gasteiger partial charge is 0.324 e. The van der Waals surface area contributed by atoms with Crippen molar-refractivity contribution in [1.29, 1.82) is 0 Å². The second kappa shape index (κ2) is 6.58. The van der Waals surface area contributed by atoms with Crippen LogP contribution in [0.5, 0.6) is 0 Å². The summed E-state index contributed by atoms with van der Waals surface area (Å²) < 4.78 is 0. The highest BCUT2D eigenvalue weighted by Crippen LogP contribution is 2.39. The average Bonchev–Trinajstić information content (AvgIpc) is 3.23. The average molecular weight is 391 g/mol. The number of amides is 4. The number of carbonyl (C=O) groups is 3. The van der Waals surface area contributed by atoms with Crippen LogP contribution in [-0.2, 0) is 22.4 Å². The fourth-order valence-corrected chi connectivity index (χ4v) is 5.36. The zero-order valence-corrected chi connectivity index (χ0v) is 16.7. The molecule has 2 fully saturated rings. The van der Waals surface area contributed by atoms with E-state index in [9.17, 15) is 14.4 Å². The van der Waals surface area contributed by atoms with Crippen LogP contribution in [0.2, 0.25) is 0 Å². The van der Waals surface area contributed by atoms with E-state index in [-0.39, 0.29) is 24.4 Å². The van der Waals surface area contributed by atoms with Gasteiger partial charge in [-0.3, -0.25) is 14.5 Å². The van der Waals surface area contributed by atoms with Crippen LogP contribution in [-0.4, -0.2) is 46.8 Å². The standard InChI is InChI=1S/C23H25N3O3/c1-25-22(29)26(21(28)23(25)12-3-2-4-13-23)14-19(27)24-18-11-10-16-9-8-15-6-5-7-17(18)20(15)16/h5-7,10-11H,2-4,8-9,12-14H2,1H3,(H,24,27). The van der Waals surface area contributed by atoms with E-state index in [1.165, 1.54) is 16.5 Å². The van der Waals surface area contributed by atoms with Crippen molar-refractivity contribution >= 4 is 34.3 Å². The van der Waals surface area contributed by atoms with E-state index in [1.54, 1.807) is 11.9 Å². The zero-order chi connectivity index (χ0) is 20.2. The molecule has 4 amide bonds. The quantitative estimate of drug-likeness (QED) is 0.815. The summed E-state index contributed by atoms with van der Waals surface area (Å²) in [6.07, 6.45) is 6.36. The van der Waals surface area contributed by atoms with Crippen LogP contribution in [0.4, 0.5) is 10.5 Å². The van der Waals surface area contributed by atoms with E-state index in [0.29, 0.717) is 12.8 Å². The van der Waals surface area contributed by atoms with Crippen LogP contribution in [0.1, 0.15) is 43.2 Å². The van der Waals surface area contributed by atoms with Crippen LogP contribution >= 0.6 is 0 Å². The van der Waals surface area contributed by atoms with Gasteiger partial charge >= 0.3 is 6.03 Å². The van der Waals surface area contributed by atoms with Crippen LogP contribution < -0.4 is 5.32 Å². The molecule has 3 aliphatic rings. The Labute approximate surface area is 169 Å². The summed E-state index contributed by atoms with van der Waals surface area (Å²) in [6.45, 7) is -0.243. The number of carbonyl (C=O) groups excluding carboxylic acids is 3. The summed E-state index contributed by atoms with van der Waals surface area (Å²) in [5.41, 5.74) is 2.59. The molecule has 1 aliphatic heterocycles. The summed E-state index contributed by atoms with van der Waals surface area (Å²) in [6, 6.07) is 9.77. The first-order valence-electron chi connectivity index (χ1n) is 10.4. The van der Waals surface area contributed by atoms with Crippen molar-refractivity contribution in [3.05, 3.63) is 41.5 Å². The van der Waals surface area contributed by atoms with Gasteiger partial charge in [0.15, 0.2) is 0 Å². The summed E-state index contributed by atoms with van der Waals surface area (Å²) in [5.74, 6) is -0.563. The molecule has 6 heteroatoms. The Morgan fingerprint density at radius 3 is 2.52 bits per heavy atom. The topological polar surface area (TPSA) is 69.7 Å². The van der Waals surface area contributed by atoms with Crippen LogP contribution in [0.15, 0.2) is 30.3 Å². The molecule has 0 unspecified atom stereocenters. The molecule has 1 heterocycles. The molecule has 5 rings (SSSR count). The molecule has 2 aromatic carbocycles. The number of urea groups is 1. The summed E-state index contributed by atoms with van der Waals surface area (Å²) >= 11 is 0. The number of nitrogens with one attached hydrogen (secondary N) is 1. The van der Waals surface area contributed by atoms with Gasteiger partial charge in [-0.25, -0.2) is 4.79 Å². The molecule has 2 aliphatic carbocycles. The normalized spacial score (nSPS) is 20.2. The fourth-order valence-electron chi connectivity index (χ4n) is 5.36. The predicted octanol–water partition coefficient (Wildman–Crippen LogP) is 3.47. The molecule has 150 valence electrons. The molecule has 1 N–H and O–H groups in total. The lowest BCUT2D eigenvalue weighted by atomic mass is 9.81. The van der Waals surface area contributed by atoms with Crippen molar-refractivity contribution in [2.75, 3.05) is 18.9 Å². The van der Waals surface area contributed by atoms with Crippen LogP contribution in [0.3, 0.4) is 0 Å². The van der Waals surface area contributed by atoms with Gasteiger partial charge in [0.1, 0.15) is 12.1 Å². The maximum absolute atomic E-state index is 13.1. The van der Waals surface area contributed by atoms with E-state index in [4.69, 9.17) is 0 Å². The summed E-state index contributed by atoms with van der Waals surface area (Å²) in [7, 11) is 1.69. The largest absolute Gasteiger partial charge is 0.327 e.